The molecule has 0 saturated carbocycles. The zero-order chi connectivity index (χ0) is 13.2. The molecule has 1 aromatic heterocycles. The summed E-state index contributed by atoms with van der Waals surface area (Å²) in [6, 6.07) is 6.06. The van der Waals surface area contributed by atoms with Crippen LogP contribution in [0.15, 0.2) is 18.2 Å². The molecule has 1 saturated heterocycles. The highest BCUT2D eigenvalue weighted by atomic mass is 32.1. The summed E-state index contributed by atoms with van der Waals surface area (Å²) in [6.07, 6.45) is 0.0322. The Hall–Kier alpha value is -1.50. The second kappa shape index (κ2) is 5.24. The van der Waals surface area contributed by atoms with Crippen molar-refractivity contribution < 1.29 is 9.53 Å². The average Bonchev–Trinajstić information content (AvgIpc) is 2.80. The molecule has 19 heavy (non-hydrogen) atoms. The molecule has 1 unspecified atom stereocenters. The van der Waals surface area contributed by atoms with Gasteiger partial charge in [-0.15, -0.1) is 0 Å². The lowest BCUT2D eigenvalue weighted by Crippen LogP contribution is -2.33. The van der Waals surface area contributed by atoms with Crippen LogP contribution in [0.2, 0.25) is 0 Å². The molecule has 1 aromatic carbocycles. The van der Waals surface area contributed by atoms with Gasteiger partial charge in [0.1, 0.15) is 0 Å². The molecule has 100 valence electrons. The summed E-state index contributed by atoms with van der Waals surface area (Å²) in [5, 5.41) is 6.69. The number of carbonyl (C=O) groups is 1. The average molecular weight is 277 g/mol. The Kier molecular flexibility index (Phi) is 3.46. The molecule has 1 aliphatic rings. The molecule has 3 rings (SSSR count). The second-order valence-corrected chi connectivity index (χ2v) is 5.49. The van der Waals surface area contributed by atoms with Gasteiger partial charge >= 0.3 is 0 Å². The fourth-order valence-electron chi connectivity index (χ4n) is 2.20. The molecule has 2 N–H and O–H groups in total. The quantitative estimate of drug-likeness (QED) is 0.880. The molecule has 5 nitrogen and oxygen atoms in total. The van der Waals surface area contributed by atoms with Crippen LogP contribution in [0, 0.1) is 0 Å². The maximum Gasteiger partial charge on any atom is 0.223 e. The third-order valence-electron chi connectivity index (χ3n) is 3.01. The number of nitrogens with zero attached hydrogens (tertiary/aromatic N) is 1. The number of carbonyl (C=O) groups excluding carboxylic acids is 1. The second-order valence-electron chi connectivity index (χ2n) is 4.46. The van der Waals surface area contributed by atoms with Gasteiger partial charge < -0.3 is 15.4 Å². The van der Waals surface area contributed by atoms with Gasteiger partial charge in [0.05, 0.1) is 22.9 Å². The zero-order valence-electron chi connectivity index (χ0n) is 10.6. The van der Waals surface area contributed by atoms with E-state index in [1.165, 1.54) is 18.3 Å². The van der Waals surface area contributed by atoms with Crippen molar-refractivity contribution >= 4 is 32.6 Å². The predicted octanol–water partition coefficient (Wildman–Crippen LogP) is 1.92. The van der Waals surface area contributed by atoms with Crippen molar-refractivity contribution in [3.8, 4) is 0 Å². The highest BCUT2D eigenvalue weighted by Gasteiger charge is 2.20. The summed E-state index contributed by atoms with van der Waals surface area (Å²) in [6.45, 7) is 3.89. The van der Waals surface area contributed by atoms with Crippen molar-refractivity contribution in [2.75, 3.05) is 25.0 Å². The molecule has 2 aromatic rings. The van der Waals surface area contributed by atoms with Crippen LogP contribution in [0.5, 0.6) is 0 Å². The van der Waals surface area contributed by atoms with E-state index in [0.717, 1.165) is 28.9 Å². The van der Waals surface area contributed by atoms with Gasteiger partial charge in [0, 0.05) is 25.6 Å². The largest absolute Gasteiger partial charge is 0.371 e. The number of anilines is 1. The van der Waals surface area contributed by atoms with E-state index >= 15 is 0 Å². The van der Waals surface area contributed by atoms with Crippen molar-refractivity contribution in [1.29, 1.82) is 0 Å². The van der Waals surface area contributed by atoms with E-state index in [4.69, 9.17) is 4.74 Å². The maximum absolute atomic E-state index is 11.1. The Morgan fingerprint density at radius 1 is 1.58 bits per heavy atom. The van der Waals surface area contributed by atoms with Gasteiger partial charge in [-0.05, 0) is 6.07 Å². The molecule has 1 amide bonds. The van der Waals surface area contributed by atoms with Crippen LogP contribution < -0.4 is 10.6 Å². The van der Waals surface area contributed by atoms with E-state index in [2.05, 4.69) is 15.6 Å². The number of para-hydroxylation sites is 1. The van der Waals surface area contributed by atoms with E-state index in [0.29, 0.717) is 11.7 Å². The van der Waals surface area contributed by atoms with Crippen molar-refractivity contribution in [3.63, 3.8) is 0 Å². The number of amides is 1. The Labute approximate surface area is 115 Å². The molecule has 0 aliphatic carbocycles. The summed E-state index contributed by atoms with van der Waals surface area (Å²) in [5.41, 5.74) is 2.00. The lowest BCUT2D eigenvalue weighted by molar-refractivity contribution is -0.114. The first-order chi connectivity index (χ1) is 9.24. The molecule has 0 spiro atoms. The highest BCUT2D eigenvalue weighted by Crippen LogP contribution is 2.32. The lowest BCUT2D eigenvalue weighted by atomic mass is 10.1. The van der Waals surface area contributed by atoms with E-state index in [1.807, 2.05) is 18.2 Å². The van der Waals surface area contributed by atoms with Crippen LogP contribution in [0.1, 0.15) is 18.6 Å². The van der Waals surface area contributed by atoms with Crippen LogP contribution in [0.3, 0.4) is 0 Å². The van der Waals surface area contributed by atoms with Gasteiger partial charge in [-0.3, -0.25) is 4.79 Å². The third kappa shape index (κ3) is 2.60. The maximum atomic E-state index is 11.1. The van der Waals surface area contributed by atoms with Crippen LogP contribution in [0.4, 0.5) is 5.13 Å². The zero-order valence-corrected chi connectivity index (χ0v) is 11.4. The number of hydrogen-bond acceptors (Lipinski definition) is 5. The number of benzene rings is 1. The van der Waals surface area contributed by atoms with Crippen LogP contribution in [-0.4, -0.2) is 30.6 Å². The lowest BCUT2D eigenvalue weighted by Gasteiger charge is -2.24. The van der Waals surface area contributed by atoms with Gasteiger partial charge in [0.2, 0.25) is 5.91 Å². The van der Waals surface area contributed by atoms with Gasteiger partial charge in [-0.2, -0.15) is 0 Å². The number of ether oxygens (including phenoxy) is 1. The summed E-state index contributed by atoms with van der Waals surface area (Å²) in [7, 11) is 0. The minimum Gasteiger partial charge on any atom is -0.371 e. The number of morpholine rings is 1. The van der Waals surface area contributed by atoms with Gasteiger partial charge in [-0.1, -0.05) is 23.5 Å². The molecular weight excluding hydrogens is 262 g/mol. The molecule has 0 bridgehead atoms. The molecule has 2 heterocycles. The normalized spacial score (nSPS) is 19.5. The highest BCUT2D eigenvalue weighted by molar-refractivity contribution is 7.22. The van der Waals surface area contributed by atoms with E-state index in [9.17, 15) is 4.79 Å². The third-order valence-corrected chi connectivity index (χ3v) is 3.94. The van der Waals surface area contributed by atoms with Crippen molar-refractivity contribution in [1.82, 2.24) is 10.3 Å². The summed E-state index contributed by atoms with van der Waals surface area (Å²) < 4.78 is 6.84. The smallest absolute Gasteiger partial charge is 0.223 e. The standard InChI is InChI=1S/C13H15N3O2S/c1-8(17)15-13-16-12-9(3-2-4-11(12)19-13)10-7-14-5-6-18-10/h2-4,10,14H,5-7H2,1H3,(H,15,16,17). The van der Waals surface area contributed by atoms with Crippen molar-refractivity contribution in [2.45, 2.75) is 13.0 Å². The molecular formula is C13H15N3O2S. The van der Waals surface area contributed by atoms with E-state index in [-0.39, 0.29) is 12.0 Å². The topological polar surface area (TPSA) is 63.2 Å². The summed E-state index contributed by atoms with van der Waals surface area (Å²) in [5.74, 6) is -0.101. The minimum atomic E-state index is -0.101. The van der Waals surface area contributed by atoms with Crippen LogP contribution in [0.25, 0.3) is 10.2 Å². The van der Waals surface area contributed by atoms with E-state index < -0.39 is 0 Å². The molecule has 0 radical (unpaired) electrons. The van der Waals surface area contributed by atoms with Crippen molar-refractivity contribution in [2.24, 2.45) is 0 Å². The van der Waals surface area contributed by atoms with Crippen LogP contribution in [-0.2, 0) is 9.53 Å². The fraction of sp³-hybridized carbons (Fsp3) is 0.385. The van der Waals surface area contributed by atoms with Gasteiger partial charge in [0.15, 0.2) is 5.13 Å². The SMILES string of the molecule is CC(=O)Nc1nc2c(C3CNCCO3)cccc2s1. The summed E-state index contributed by atoms with van der Waals surface area (Å²) >= 11 is 1.48. The Bertz CT molecular complexity index is 605. The molecule has 1 atom stereocenters. The number of thiazole rings is 1. The Morgan fingerprint density at radius 3 is 3.21 bits per heavy atom. The molecule has 1 fully saturated rings. The predicted molar refractivity (Wildman–Crippen MR) is 75.5 cm³/mol. The first-order valence-electron chi connectivity index (χ1n) is 6.23. The first-order valence-corrected chi connectivity index (χ1v) is 7.05. The number of nitrogens with one attached hydrogen (secondary N) is 2. The molecule has 1 aliphatic heterocycles. The van der Waals surface area contributed by atoms with Crippen LogP contribution >= 0.6 is 11.3 Å². The number of rotatable bonds is 2. The minimum absolute atomic E-state index is 0.0322. The van der Waals surface area contributed by atoms with Crippen molar-refractivity contribution in [3.05, 3.63) is 23.8 Å². The summed E-state index contributed by atoms with van der Waals surface area (Å²) in [4.78, 5) is 15.6. The number of aromatic nitrogens is 1. The Balaban J connectivity index is 1.99. The van der Waals surface area contributed by atoms with Gasteiger partial charge in [0.25, 0.3) is 0 Å². The monoisotopic (exact) mass is 277 g/mol. The number of hydrogen-bond donors (Lipinski definition) is 2. The number of fused-ring (bicyclic) bond motifs is 1. The molecule has 6 heteroatoms. The van der Waals surface area contributed by atoms with Gasteiger partial charge in [-0.25, -0.2) is 4.98 Å². The Morgan fingerprint density at radius 2 is 2.47 bits per heavy atom. The first kappa shape index (κ1) is 12.5. The fourth-order valence-corrected chi connectivity index (χ4v) is 3.15. The van der Waals surface area contributed by atoms with E-state index in [1.54, 1.807) is 0 Å².